The van der Waals surface area contributed by atoms with Gasteiger partial charge in [0.2, 0.25) is 5.91 Å². The number of hydrogen-bond acceptors (Lipinski definition) is 3. The molecule has 1 aromatic rings. The summed E-state index contributed by atoms with van der Waals surface area (Å²) in [5.41, 5.74) is 2.51. The van der Waals surface area contributed by atoms with Crippen molar-refractivity contribution in [2.75, 3.05) is 18.5 Å². The third-order valence-corrected chi connectivity index (χ3v) is 5.83. The number of rotatable bonds is 0. The van der Waals surface area contributed by atoms with E-state index in [2.05, 4.69) is 36.2 Å². The molecule has 1 aromatic carbocycles. The van der Waals surface area contributed by atoms with E-state index in [1.165, 1.54) is 11.3 Å². The molecule has 2 heterocycles. The Balaban J connectivity index is 1.91. The molecule has 3 atom stereocenters. The van der Waals surface area contributed by atoms with E-state index in [-0.39, 0.29) is 29.2 Å². The Morgan fingerprint density at radius 3 is 2.71 bits per heavy atom. The maximum atomic E-state index is 12.2. The minimum absolute atomic E-state index is 0.0346. The molecular formula is C17H20N2O2. The van der Waals surface area contributed by atoms with Crippen LogP contribution in [0.1, 0.15) is 31.7 Å². The van der Waals surface area contributed by atoms with Crippen LogP contribution in [0.15, 0.2) is 24.3 Å². The Hall–Kier alpha value is -1.84. The van der Waals surface area contributed by atoms with E-state index < -0.39 is 0 Å². The molecular weight excluding hydrogens is 264 g/mol. The van der Waals surface area contributed by atoms with Crippen LogP contribution in [-0.4, -0.2) is 42.3 Å². The van der Waals surface area contributed by atoms with Crippen LogP contribution in [0.2, 0.25) is 0 Å². The summed E-state index contributed by atoms with van der Waals surface area (Å²) in [6.07, 6.45) is 2.09. The first-order valence-electron chi connectivity index (χ1n) is 7.67. The summed E-state index contributed by atoms with van der Waals surface area (Å²) in [5, 5.41) is 0. The number of carbonyl (C=O) groups is 2. The molecule has 2 fully saturated rings. The van der Waals surface area contributed by atoms with E-state index in [0.29, 0.717) is 12.8 Å². The van der Waals surface area contributed by atoms with Gasteiger partial charge in [0.15, 0.2) is 0 Å². The van der Waals surface area contributed by atoms with Crippen LogP contribution in [0, 0.1) is 0 Å². The second-order valence-corrected chi connectivity index (χ2v) is 6.61. The first-order valence-corrected chi connectivity index (χ1v) is 7.67. The van der Waals surface area contributed by atoms with Gasteiger partial charge in [-0.3, -0.25) is 9.59 Å². The molecule has 4 nitrogen and oxygen atoms in total. The van der Waals surface area contributed by atoms with Crippen molar-refractivity contribution in [3.63, 3.8) is 0 Å². The van der Waals surface area contributed by atoms with Gasteiger partial charge in [0.25, 0.3) is 0 Å². The summed E-state index contributed by atoms with van der Waals surface area (Å²) in [4.78, 5) is 28.4. The maximum absolute atomic E-state index is 12.2. The van der Waals surface area contributed by atoms with Gasteiger partial charge in [-0.1, -0.05) is 18.2 Å². The minimum Gasteiger partial charge on any atom is -0.370 e. The SMILES string of the molecule is CC(=O)N1CC[C@@]23c4ccccc4N(C)[C@@H]2CC(=O)C[C@@H]13. The molecule has 1 aliphatic carbocycles. The van der Waals surface area contributed by atoms with E-state index in [9.17, 15) is 9.59 Å². The van der Waals surface area contributed by atoms with Crippen LogP contribution >= 0.6 is 0 Å². The van der Waals surface area contributed by atoms with Crippen LogP contribution in [0.5, 0.6) is 0 Å². The van der Waals surface area contributed by atoms with Crippen LogP contribution in [0.4, 0.5) is 5.69 Å². The molecule has 1 saturated carbocycles. The molecule has 21 heavy (non-hydrogen) atoms. The predicted molar refractivity (Wildman–Crippen MR) is 80.3 cm³/mol. The number of Topliss-reactive ketones (excluding diaryl/α,β-unsaturated/α-hetero) is 1. The van der Waals surface area contributed by atoms with E-state index in [1.807, 2.05) is 4.90 Å². The van der Waals surface area contributed by atoms with Gasteiger partial charge in [-0.2, -0.15) is 0 Å². The second kappa shape index (κ2) is 4.09. The number of para-hydroxylation sites is 1. The fraction of sp³-hybridized carbons (Fsp3) is 0.529. The monoisotopic (exact) mass is 284 g/mol. The standard InChI is InChI=1S/C17H20N2O2/c1-11(20)19-8-7-17-13-5-3-4-6-14(13)18(2)15(17)9-12(21)10-16(17)19/h3-6,15-16H,7-10H2,1-2H3/t15-,16-,17-/m1/s1. The first-order chi connectivity index (χ1) is 10.1. The molecule has 4 heteroatoms. The smallest absolute Gasteiger partial charge is 0.219 e. The number of carbonyl (C=O) groups excluding carboxylic acids is 2. The zero-order chi connectivity index (χ0) is 14.8. The largest absolute Gasteiger partial charge is 0.370 e. The van der Waals surface area contributed by atoms with Crippen LogP contribution < -0.4 is 4.90 Å². The van der Waals surface area contributed by atoms with Crippen LogP contribution in [0.25, 0.3) is 0 Å². The van der Waals surface area contributed by atoms with E-state index in [0.717, 1.165) is 13.0 Å². The van der Waals surface area contributed by atoms with Crippen molar-refractivity contribution in [3.8, 4) is 0 Å². The number of amides is 1. The Morgan fingerprint density at radius 2 is 1.95 bits per heavy atom. The van der Waals surface area contributed by atoms with Crippen LogP contribution in [0.3, 0.4) is 0 Å². The molecule has 1 spiro atoms. The number of nitrogens with zero attached hydrogens (tertiary/aromatic N) is 2. The van der Waals surface area contributed by atoms with Crippen molar-refractivity contribution < 1.29 is 9.59 Å². The van der Waals surface area contributed by atoms with Crippen molar-refractivity contribution >= 4 is 17.4 Å². The molecule has 110 valence electrons. The zero-order valence-electron chi connectivity index (χ0n) is 12.5. The predicted octanol–water partition coefficient (Wildman–Crippen LogP) is 1.73. The Morgan fingerprint density at radius 1 is 1.24 bits per heavy atom. The van der Waals surface area contributed by atoms with Gasteiger partial charge in [0.05, 0.1) is 6.04 Å². The summed E-state index contributed by atoms with van der Waals surface area (Å²) < 4.78 is 0. The highest BCUT2D eigenvalue weighted by Gasteiger charge is 2.62. The van der Waals surface area contributed by atoms with Gasteiger partial charge < -0.3 is 9.80 Å². The van der Waals surface area contributed by atoms with Crippen molar-refractivity contribution in [1.29, 1.82) is 0 Å². The number of fused-ring (bicyclic) bond motifs is 1. The van der Waals surface area contributed by atoms with Crippen molar-refractivity contribution in [1.82, 2.24) is 4.90 Å². The highest BCUT2D eigenvalue weighted by atomic mass is 16.2. The number of likely N-dealkylation sites (N-methyl/N-ethyl adjacent to an activating group) is 1. The minimum atomic E-state index is -0.0507. The average Bonchev–Trinajstić information content (AvgIpc) is 2.95. The lowest BCUT2D eigenvalue weighted by Gasteiger charge is -2.44. The fourth-order valence-electron chi connectivity index (χ4n) is 4.98. The molecule has 0 radical (unpaired) electrons. The number of anilines is 1. The third kappa shape index (κ3) is 1.45. The molecule has 4 rings (SSSR count). The molecule has 0 bridgehead atoms. The molecule has 0 aromatic heterocycles. The van der Waals surface area contributed by atoms with E-state index >= 15 is 0 Å². The zero-order valence-corrected chi connectivity index (χ0v) is 12.5. The number of ketones is 1. The number of benzene rings is 1. The lowest BCUT2D eigenvalue weighted by molar-refractivity contribution is -0.132. The summed E-state index contributed by atoms with van der Waals surface area (Å²) in [7, 11) is 2.09. The normalized spacial score (nSPS) is 33.7. The van der Waals surface area contributed by atoms with Gasteiger partial charge in [0, 0.05) is 50.5 Å². The van der Waals surface area contributed by atoms with E-state index in [4.69, 9.17) is 0 Å². The van der Waals surface area contributed by atoms with Gasteiger partial charge in [-0.25, -0.2) is 0 Å². The Labute approximate surface area is 124 Å². The molecule has 0 N–H and O–H groups in total. The summed E-state index contributed by atoms with van der Waals surface area (Å²) in [6.45, 7) is 2.39. The summed E-state index contributed by atoms with van der Waals surface area (Å²) in [6, 6.07) is 8.70. The van der Waals surface area contributed by atoms with Gasteiger partial charge in [-0.15, -0.1) is 0 Å². The molecule has 1 amide bonds. The highest BCUT2D eigenvalue weighted by Crippen LogP contribution is 2.56. The lowest BCUT2D eigenvalue weighted by Crippen LogP contribution is -2.57. The van der Waals surface area contributed by atoms with Gasteiger partial charge in [0.1, 0.15) is 5.78 Å². The maximum Gasteiger partial charge on any atom is 0.219 e. The summed E-state index contributed by atoms with van der Waals surface area (Å²) >= 11 is 0. The third-order valence-electron chi connectivity index (χ3n) is 5.83. The quantitative estimate of drug-likeness (QED) is 0.728. The molecule has 2 aliphatic heterocycles. The average molecular weight is 284 g/mol. The number of likely N-dealkylation sites (tertiary alicyclic amines) is 1. The van der Waals surface area contributed by atoms with Crippen molar-refractivity contribution in [2.45, 2.75) is 43.7 Å². The van der Waals surface area contributed by atoms with Crippen molar-refractivity contribution in [3.05, 3.63) is 29.8 Å². The summed E-state index contributed by atoms with van der Waals surface area (Å²) in [5.74, 6) is 0.380. The van der Waals surface area contributed by atoms with Gasteiger partial charge in [-0.05, 0) is 18.1 Å². The topological polar surface area (TPSA) is 40.6 Å². The second-order valence-electron chi connectivity index (χ2n) is 6.61. The molecule has 1 saturated heterocycles. The lowest BCUT2D eigenvalue weighted by atomic mass is 9.64. The van der Waals surface area contributed by atoms with Gasteiger partial charge >= 0.3 is 0 Å². The fourth-order valence-corrected chi connectivity index (χ4v) is 4.98. The Kier molecular flexibility index (Phi) is 2.51. The molecule has 0 unspecified atom stereocenters. The number of hydrogen-bond donors (Lipinski definition) is 0. The molecule has 3 aliphatic rings. The highest BCUT2D eigenvalue weighted by molar-refractivity contribution is 5.86. The Bertz CT molecular complexity index is 641. The van der Waals surface area contributed by atoms with Crippen LogP contribution in [-0.2, 0) is 15.0 Å². The first kappa shape index (κ1) is 12.9. The van der Waals surface area contributed by atoms with E-state index in [1.54, 1.807) is 6.92 Å². The van der Waals surface area contributed by atoms with Crippen molar-refractivity contribution in [2.24, 2.45) is 0 Å².